The average Bonchev–Trinajstić information content (AvgIpc) is 2.56. The van der Waals surface area contributed by atoms with E-state index >= 15 is 0 Å². The lowest BCUT2D eigenvalue weighted by Crippen LogP contribution is -2.48. The van der Waals surface area contributed by atoms with Gasteiger partial charge in [-0.2, -0.15) is 0 Å². The number of amides is 1. The number of carbonyl (C=O) groups excluding carboxylic acids is 1. The molecule has 0 bridgehead atoms. The zero-order valence-corrected chi connectivity index (χ0v) is 15.6. The molecule has 0 atom stereocenters. The molecule has 0 heterocycles. The van der Waals surface area contributed by atoms with E-state index in [0.717, 1.165) is 32.1 Å². The van der Waals surface area contributed by atoms with E-state index in [1.54, 1.807) is 12.1 Å². The van der Waals surface area contributed by atoms with Crippen LogP contribution in [-0.4, -0.2) is 24.7 Å². The maximum atomic E-state index is 12.8. The van der Waals surface area contributed by atoms with Crippen LogP contribution >= 0.6 is 11.6 Å². The third kappa shape index (κ3) is 4.64. The number of anilines is 1. The molecule has 1 aliphatic rings. The molecule has 1 fully saturated rings. The van der Waals surface area contributed by atoms with Gasteiger partial charge in [-0.3, -0.25) is 4.79 Å². The van der Waals surface area contributed by atoms with Crippen molar-refractivity contribution in [3.8, 4) is 5.75 Å². The second-order valence-electron chi connectivity index (χ2n) is 6.56. The highest BCUT2D eigenvalue weighted by Crippen LogP contribution is 2.36. The van der Waals surface area contributed by atoms with Crippen LogP contribution < -0.4 is 10.1 Å². The Hall–Kier alpha value is -1.26. The molecule has 5 heteroatoms. The van der Waals surface area contributed by atoms with E-state index in [1.165, 1.54) is 0 Å². The fourth-order valence-electron chi connectivity index (χ4n) is 3.09. The molecular weight excluding hydrogens is 326 g/mol. The maximum absolute atomic E-state index is 12.8. The van der Waals surface area contributed by atoms with Crippen molar-refractivity contribution in [2.24, 2.45) is 5.92 Å². The Labute approximate surface area is 149 Å². The molecule has 1 aliphatic carbocycles. The van der Waals surface area contributed by atoms with Crippen LogP contribution in [0.4, 0.5) is 5.69 Å². The lowest BCUT2D eigenvalue weighted by Gasteiger charge is -2.37. The maximum Gasteiger partial charge on any atom is 0.256 e. The van der Waals surface area contributed by atoms with Gasteiger partial charge in [0.15, 0.2) is 0 Å². The van der Waals surface area contributed by atoms with Crippen molar-refractivity contribution < 1.29 is 14.3 Å². The first-order chi connectivity index (χ1) is 11.5. The van der Waals surface area contributed by atoms with Crippen LogP contribution in [-0.2, 0) is 9.53 Å². The standard InChI is InChI=1S/C19H28ClNO3/c1-4-12-23-17-7-6-15(13-16(17)20)21-18(22)19(24-5-2)10-8-14(3)9-11-19/h6-7,13-14H,4-5,8-12H2,1-3H3,(H,21,22). The van der Waals surface area contributed by atoms with E-state index in [0.29, 0.717) is 35.6 Å². The summed E-state index contributed by atoms with van der Waals surface area (Å²) in [5.41, 5.74) is -0.0444. The molecule has 0 saturated heterocycles. The highest BCUT2D eigenvalue weighted by atomic mass is 35.5. The molecule has 2 rings (SSSR count). The third-order valence-electron chi connectivity index (χ3n) is 4.57. The predicted octanol–water partition coefficient (Wildman–Crippen LogP) is 5.05. The van der Waals surface area contributed by atoms with Gasteiger partial charge in [0.05, 0.1) is 11.6 Å². The number of benzene rings is 1. The smallest absolute Gasteiger partial charge is 0.256 e. The van der Waals surface area contributed by atoms with E-state index in [-0.39, 0.29) is 5.91 Å². The number of hydrogen-bond donors (Lipinski definition) is 1. The summed E-state index contributed by atoms with van der Waals surface area (Å²) >= 11 is 6.24. The highest BCUT2D eigenvalue weighted by Gasteiger charge is 2.41. The van der Waals surface area contributed by atoms with Gasteiger partial charge in [0.1, 0.15) is 11.4 Å². The molecule has 0 spiro atoms. The zero-order chi connectivity index (χ0) is 17.6. The Morgan fingerprint density at radius 1 is 1.33 bits per heavy atom. The van der Waals surface area contributed by atoms with Crippen molar-refractivity contribution in [1.29, 1.82) is 0 Å². The number of halogens is 1. The van der Waals surface area contributed by atoms with E-state index in [1.807, 2.05) is 19.9 Å². The van der Waals surface area contributed by atoms with Crippen LogP contribution in [0.3, 0.4) is 0 Å². The van der Waals surface area contributed by atoms with Crippen molar-refractivity contribution in [2.75, 3.05) is 18.5 Å². The molecule has 24 heavy (non-hydrogen) atoms. The highest BCUT2D eigenvalue weighted by molar-refractivity contribution is 6.32. The zero-order valence-electron chi connectivity index (χ0n) is 14.9. The van der Waals surface area contributed by atoms with Gasteiger partial charge in [0.2, 0.25) is 0 Å². The molecule has 0 aromatic heterocycles. The minimum atomic E-state index is -0.717. The van der Waals surface area contributed by atoms with Gasteiger partial charge in [-0.1, -0.05) is 25.4 Å². The van der Waals surface area contributed by atoms with Crippen LogP contribution in [0.25, 0.3) is 0 Å². The molecule has 1 aromatic rings. The van der Waals surface area contributed by atoms with Crippen LogP contribution in [0.1, 0.15) is 52.9 Å². The Bertz CT molecular complexity index is 554. The van der Waals surface area contributed by atoms with Gasteiger partial charge in [-0.25, -0.2) is 0 Å². The lowest BCUT2D eigenvalue weighted by atomic mass is 9.78. The predicted molar refractivity (Wildman–Crippen MR) is 97.9 cm³/mol. The fourth-order valence-corrected chi connectivity index (χ4v) is 3.33. The topological polar surface area (TPSA) is 47.6 Å². The van der Waals surface area contributed by atoms with Crippen molar-refractivity contribution in [3.05, 3.63) is 23.2 Å². The molecule has 1 aromatic carbocycles. The second-order valence-corrected chi connectivity index (χ2v) is 6.96. The minimum Gasteiger partial charge on any atom is -0.492 e. The SMILES string of the molecule is CCCOc1ccc(NC(=O)C2(OCC)CCC(C)CC2)cc1Cl. The minimum absolute atomic E-state index is 0.0745. The first-order valence-electron chi connectivity index (χ1n) is 8.88. The Morgan fingerprint density at radius 2 is 2.04 bits per heavy atom. The van der Waals surface area contributed by atoms with Crippen LogP contribution in [0.2, 0.25) is 5.02 Å². The number of carbonyl (C=O) groups is 1. The van der Waals surface area contributed by atoms with Crippen LogP contribution in [0, 0.1) is 5.92 Å². The Kier molecular flexibility index (Phi) is 6.93. The summed E-state index contributed by atoms with van der Waals surface area (Å²) in [6.45, 7) is 7.36. The Balaban J connectivity index is 2.08. The molecule has 1 N–H and O–H groups in total. The Morgan fingerprint density at radius 3 is 2.62 bits per heavy atom. The molecule has 1 amide bonds. The number of hydrogen-bond acceptors (Lipinski definition) is 3. The fraction of sp³-hybridized carbons (Fsp3) is 0.632. The van der Waals surface area contributed by atoms with Crippen molar-refractivity contribution in [3.63, 3.8) is 0 Å². The molecule has 0 aliphatic heterocycles. The summed E-state index contributed by atoms with van der Waals surface area (Å²) in [5, 5.41) is 3.48. The monoisotopic (exact) mass is 353 g/mol. The molecular formula is C19H28ClNO3. The lowest BCUT2D eigenvalue weighted by molar-refractivity contribution is -0.146. The largest absolute Gasteiger partial charge is 0.492 e. The van der Waals surface area contributed by atoms with Crippen molar-refractivity contribution in [2.45, 2.75) is 58.5 Å². The summed E-state index contributed by atoms with van der Waals surface area (Å²) in [6, 6.07) is 5.35. The first kappa shape index (κ1) is 19.1. The van der Waals surface area contributed by atoms with E-state index in [2.05, 4.69) is 12.2 Å². The summed E-state index contributed by atoms with van der Waals surface area (Å²) in [6.07, 6.45) is 4.47. The summed E-state index contributed by atoms with van der Waals surface area (Å²) in [5.74, 6) is 1.22. The van der Waals surface area contributed by atoms with Gasteiger partial charge < -0.3 is 14.8 Å². The third-order valence-corrected chi connectivity index (χ3v) is 4.86. The van der Waals surface area contributed by atoms with Gasteiger partial charge in [0, 0.05) is 12.3 Å². The van der Waals surface area contributed by atoms with E-state index in [9.17, 15) is 4.79 Å². The molecule has 134 valence electrons. The van der Waals surface area contributed by atoms with Crippen LogP contribution in [0.15, 0.2) is 18.2 Å². The normalized spacial score (nSPS) is 23.8. The molecule has 1 saturated carbocycles. The summed E-state index contributed by atoms with van der Waals surface area (Å²) in [7, 11) is 0. The van der Waals surface area contributed by atoms with Crippen molar-refractivity contribution in [1.82, 2.24) is 0 Å². The molecule has 4 nitrogen and oxygen atoms in total. The van der Waals surface area contributed by atoms with E-state index in [4.69, 9.17) is 21.1 Å². The van der Waals surface area contributed by atoms with Crippen molar-refractivity contribution >= 4 is 23.2 Å². The van der Waals surface area contributed by atoms with Crippen LogP contribution in [0.5, 0.6) is 5.75 Å². The average molecular weight is 354 g/mol. The molecule has 0 radical (unpaired) electrons. The van der Waals surface area contributed by atoms with E-state index < -0.39 is 5.60 Å². The number of ether oxygens (including phenoxy) is 2. The van der Waals surface area contributed by atoms with Gasteiger partial charge in [-0.15, -0.1) is 0 Å². The number of nitrogens with one attached hydrogen (secondary N) is 1. The molecule has 0 unspecified atom stereocenters. The second kappa shape index (κ2) is 8.72. The van der Waals surface area contributed by atoms with Gasteiger partial charge >= 0.3 is 0 Å². The number of rotatable bonds is 7. The van der Waals surface area contributed by atoms with Gasteiger partial charge in [0.25, 0.3) is 5.91 Å². The quantitative estimate of drug-likeness (QED) is 0.745. The first-order valence-corrected chi connectivity index (χ1v) is 9.26. The summed E-state index contributed by atoms with van der Waals surface area (Å²) < 4.78 is 11.5. The van der Waals surface area contributed by atoms with Gasteiger partial charge in [-0.05, 0) is 63.1 Å². The summed E-state index contributed by atoms with van der Waals surface area (Å²) in [4.78, 5) is 12.8.